The molecule has 0 saturated heterocycles. The molecule has 0 fully saturated rings. The van der Waals surface area contributed by atoms with Crippen molar-refractivity contribution >= 4 is 21.2 Å². The maximum atomic E-state index is 12.5. The average molecular weight is 435 g/mol. The lowest BCUT2D eigenvalue weighted by Gasteiger charge is -2.18. The number of nitrogens with zero attached hydrogens (tertiary/aromatic N) is 3. The van der Waals surface area contributed by atoms with Gasteiger partial charge in [-0.25, -0.2) is 22.9 Å². The number of aromatic nitrogens is 4. The van der Waals surface area contributed by atoms with Crippen LogP contribution in [0.2, 0.25) is 0 Å². The SMILES string of the molecule is Cn1c(=O)c2[nH]c(CCCNS(=O)(=O)c3ccc4c(c3)OCCO4)nc2n(C)c1=O. The molecule has 0 unspecified atom stereocenters. The van der Waals surface area contributed by atoms with Crippen LogP contribution in [0.4, 0.5) is 0 Å². The van der Waals surface area contributed by atoms with Gasteiger partial charge < -0.3 is 14.5 Å². The molecule has 30 heavy (non-hydrogen) atoms. The van der Waals surface area contributed by atoms with Crippen LogP contribution in [0.1, 0.15) is 12.2 Å². The smallest absolute Gasteiger partial charge is 0.332 e. The summed E-state index contributed by atoms with van der Waals surface area (Å²) in [6.45, 7) is 0.973. The molecule has 1 aromatic carbocycles. The second-order valence-electron chi connectivity index (χ2n) is 6.89. The third kappa shape index (κ3) is 3.59. The van der Waals surface area contributed by atoms with Crippen molar-refractivity contribution in [1.82, 2.24) is 23.8 Å². The molecule has 0 radical (unpaired) electrons. The number of H-pyrrole nitrogens is 1. The summed E-state index contributed by atoms with van der Waals surface area (Å²) < 4.78 is 40.7. The second-order valence-corrected chi connectivity index (χ2v) is 8.66. The van der Waals surface area contributed by atoms with Crippen LogP contribution in [-0.2, 0) is 30.5 Å². The lowest BCUT2D eigenvalue weighted by molar-refractivity contribution is 0.171. The molecule has 0 saturated carbocycles. The average Bonchev–Trinajstić information content (AvgIpc) is 3.18. The highest BCUT2D eigenvalue weighted by Gasteiger charge is 2.19. The second kappa shape index (κ2) is 7.61. The molecule has 0 amide bonds. The number of benzene rings is 1. The third-order valence-corrected chi connectivity index (χ3v) is 6.31. The number of rotatable bonds is 6. The number of imidazole rings is 1. The quantitative estimate of drug-likeness (QED) is 0.505. The van der Waals surface area contributed by atoms with E-state index in [2.05, 4.69) is 14.7 Å². The van der Waals surface area contributed by atoms with Crippen molar-refractivity contribution in [2.75, 3.05) is 19.8 Å². The molecule has 160 valence electrons. The van der Waals surface area contributed by atoms with E-state index in [1.54, 1.807) is 6.07 Å². The van der Waals surface area contributed by atoms with Crippen molar-refractivity contribution in [3.05, 3.63) is 44.9 Å². The number of ether oxygens (including phenoxy) is 2. The van der Waals surface area contributed by atoms with Crippen LogP contribution in [0, 0.1) is 0 Å². The molecule has 1 aliphatic rings. The Morgan fingerprint density at radius 3 is 2.63 bits per heavy atom. The standard InChI is InChI=1S/C18H21N5O6S/c1-22-16-15(17(24)23(2)18(22)25)20-14(21-16)4-3-7-19-30(26,27)11-5-6-12-13(10-11)29-9-8-28-12/h5-6,10,19H,3-4,7-9H2,1-2H3,(H,20,21). The van der Waals surface area contributed by atoms with Gasteiger partial charge in [-0.3, -0.25) is 13.9 Å². The van der Waals surface area contributed by atoms with Crippen LogP contribution in [0.15, 0.2) is 32.7 Å². The van der Waals surface area contributed by atoms with E-state index < -0.39 is 21.3 Å². The first-order valence-electron chi connectivity index (χ1n) is 9.32. The number of nitrogens with one attached hydrogen (secondary N) is 2. The van der Waals surface area contributed by atoms with Crippen LogP contribution < -0.4 is 25.4 Å². The highest BCUT2D eigenvalue weighted by atomic mass is 32.2. The van der Waals surface area contributed by atoms with Crippen LogP contribution in [-0.4, -0.2) is 47.3 Å². The molecule has 0 bridgehead atoms. The molecule has 1 aliphatic heterocycles. The van der Waals surface area contributed by atoms with Crippen molar-refractivity contribution in [3.63, 3.8) is 0 Å². The number of aryl methyl sites for hydroxylation is 2. The lowest BCUT2D eigenvalue weighted by atomic mass is 10.3. The summed E-state index contributed by atoms with van der Waals surface area (Å²) in [6.07, 6.45) is 0.841. The predicted molar refractivity (Wildman–Crippen MR) is 108 cm³/mol. The van der Waals surface area contributed by atoms with E-state index in [0.717, 1.165) is 4.57 Å². The van der Waals surface area contributed by atoms with Crippen molar-refractivity contribution in [2.45, 2.75) is 17.7 Å². The Balaban J connectivity index is 1.42. The van der Waals surface area contributed by atoms with Crippen molar-refractivity contribution in [3.8, 4) is 11.5 Å². The molecule has 0 aliphatic carbocycles. The molecule has 3 aromatic rings. The number of hydrogen-bond donors (Lipinski definition) is 2. The van der Waals surface area contributed by atoms with Gasteiger partial charge >= 0.3 is 5.69 Å². The summed E-state index contributed by atoms with van der Waals surface area (Å²) in [5, 5.41) is 0. The summed E-state index contributed by atoms with van der Waals surface area (Å²) in [6, 6.07) is 4.47. The Bertz CT molecular complexity index is 1340. The van der Waals surface area contributed by atoms with Gasteiger partial charge in [0.1, 0.15) is 24.6 Å². The zero-order valence-electron chi connectivity index (χ0n) is 16.5. The normalized spacial score (nSPS) is 13.7. The van der Waals surface area contributed by atoms with Crippen molar-refractivity contribution in [2.24, 2.45) is 14.1 Å². The molecule has 2 aromatic heterocycles. The van der Waals surface area contributed by atoms with E-state index in [0.29, 0.717) is 43.4 Å². The first-order valence-corrected chi connectivity index (χ1v) is 10.8. The maximum Gasteiger partial charge on any atom is 0.332 e. The molecule has 0 atom stereocenters. The summed E-state index contributed by atoms with van der Waals surface area (Å²) in [5.41, 5.74) is -0.398. The van der Waals surface area contributed by atoms with Crippen LogP contribution in [0.3, 0.4) is 0 Å². The zero-order valence-corrected chi connectivity index (χ0v) is 17.3. The monoisotopic (exact) mass is 435 g/mol. The number of hydrogen-bond acceptors (Lipinski definition) is 7. The Morgan fingerprint density at radius 2 is 1.87 bits per heavy atom. The lowest BCUT2D eigenvalue weighted by Crippen LogP contribution is -2.36. The Labute approximate surface area is 171 Å². The molecule has 0 spiro atoms. The van der Waals surface area contributed by atoms with E-state index in [-0.39, 0.29) is 22.6 Å². The molecule has 3 heterocycles. The molecule has 11 nitrogen and oxygen atoms in total. The fraction of sp³-hybridized carbons (Fsp3) is 0.389. The fourth-order valence-electron chi connectivity index (χ4n) is 3.23. The largest absolute Gasteiger partial charge is 0.486 e. The third-order valence-electron chi connectivity index (χ3n) is 4.85. The Hall–Kier alpha value is -3.12. The molecular formula is C18H21N5O6S. The minimum absolute atomic E-state index is 0.0917. The van der Waals surface area contributed by atoms with Crippen LogP contribution >= 0.6 is 0 Å². The molecule has 12 heteroatoms. The molecule has 2 N–H and O–H groups in total. The van der Waals surface area contributed by atoms with Gasteiger partial charge in [0.15, 0.2) is 17.1 Å². The van der Waals surface area contributed by atoms with Gasteiger partial charge in [-0.05, 0) is 18.6 Å². The highest BCUT2D eigenvalue weighted by Crippen LogP contribution is 2.32. The van der Waals surface area contributed by atoms with Gasteiger partial charge in [0, 0.05) is 33.1 Å². The van der Waals surface area contributed by atoms with E-state index >= 15 is 0 Å². The first kappa shape index (κ1) is 20.2. The molecular weight excluding hydrogens is 414 g/mol. The van der Waals surface area contributed by atoms with Crippen LogP contribution in [0.5, 0.6) is 11.5 Å². The van der Waals surface area contributed by atoms with Gasteiger partial charge in [-0.15, -0.1) is 0 Å². The highest BCUT2D eigenvalue weighted by molar-refractivity contribution is 7.89. The van der Waals surface area contributed by atoms with Gasteiger partial charge in [-0.1, -0.05) is 0 Å². The van der Waals surface area contributed by atoms with Gasteiger partial charge in [-0.2, -0.15) is 0 Å². The maximum absolute atomic E-state index is 12.5. The summed E-state index contributed by atoms with van der Waals surface area (Å²) in [7, 11) is -0.774. The predicted octanol–water partition coefficient (Wildman–Crippen LogP) is -0.357. The van der Waals surface area contributed by atoms with Gasteiger partial charge in [0.25, 0.3) is 5.56 Å². The van der Waals surface area contributed by atoms with Crippen molar-refractivity contribution in [1.29, 1.82) is 0 Å². The van der Waals surface area contributed by atoms with Gasteiger partial charge in [0.05, 0.1) is 4.90 Å². The minimum atomic E-state index is -3.71. The van der Waals surface area contributed by atoms with E-state index in [1.807, 2.05) is 0 Å². The molecule has 4 rings (SSSR count). The number of fused-ring (bicyclic) bond motifs is 2. The van der Waals surface area contributed by atoms with E-state index in [1.165, 1.54) is 30.8 Å². The topological polar surface area (TPSA) is 137 Å². The van der Waals surface area contributed by atoms with E-state index in [9.17, 15) is 18.0 Å². The number of aromatic amines is 1. The Morgan fingerprint density at radius 1 is 1.13 bits per heavy atom. The first-order chi connectivity index (χ1) is 14.3. The summed E-state index contributed by atoms with van der Waals surface area (Å²) in [4.78, 5) is 31.5. The number of sulfonamides is 1. The van der Waals surface area contributed by atoms with E-state index in [4.69, 9.17) is 9.47 Å². The minimum Gasteiger partial charge on any atom is -0.486 e. The van der Waals surface area contributed by atoms with Crippen molar-refractivity contribution < 1.29 is 17.9 Å². The fourth-order valence-corrected chi connectivity index (χ4v) is 4.32. The Kier molecular flexibility index (Phi) is 5.12. The van der Waals surface area contributed by atoms with Gasteiger partial charge in [0.2, 0.25) is 10.0 Å². The van der Waals surface area contributed by atoms with Crippen LogP contribution in [0.25, 0.3) is 11.2 Å². The summed E-state index contributed by atoms with van der Waals surface area (Å²) >= 11 is 0. The zero-order chi connectivity index (χ0) is 21.5. The summed E-state index contributed by atoms with van der Waals surface area (Å²) in [5.74, 6) is 1.42.